The zero-order chi connectivity index (χ0) is 12.6. The Bertz CT molecular complexity index is 553. The van der Waals surface area contributed by atoms with Crippen molar-refractivity contribution in [2.45, 2.75) is 37.5 Å². The Morgan fingerprint density at radius 1 is 1.22 bits per heavy atom. The molecule has 0 aliphatic heterocycles. The average molecular weight is 263 g/mol. The van der Waals surface area contributed by atoms with E-state index in [1.807, 2.05) is 6.20 Å². The van der Waals surface area contributed by atoms with Gasteiger partial charge in [-0.3, -0.25) is 0 Å². The number of H-pyrrole nitrogens is 1. The zero-order valence-corrected chi connectivity index (χ0v) is 11.3. The van der Waals surface area contributed by atoms with Crippen LogP contribution in [0.25, 0.3) is 10.9 Å². The lowest BCUT2D eigenvalue weighted by atomic mass is 9.69. The summed E-state index contributed by atoms with van der Waals surface area (Å²) >= 11 is 6.12. The third-order valence-electron chi connectivity index (χ3n) is 4.45. The first-order valence-electron chi connectivity index (χ1n) is 6.72. The summed E-state index contributed by atoms with van der Waals surface area (Å²) in [6.07, 6.45) is 8.21. The summed E-state index contributed by atoms with van der Waals surface area (Å²) < 4.78 is 0. The van der Waals surface area contributed by atoms with E-state index >= 15 is 0 Å². The molecular weight excluding hydrogens is 244 g/mol. The Hall–Kier alpha value is -0.990. The molecule has 0 bridgehead atoms. The fourth-order valence-corrected chi connectivity index (χ4v) is 3.48. The zero-order valence-electron chi connectivity index (χ0n) is 10.5. The van der Waals surface area contributed by atoms with E-state index in [9.17, 15) is 0 Å². The van der Waals surface area contributed by atoms with Gasteiger partial charge < -0.3 is 10.7 Å². The maximum absolute atomic E-state index is 6.12. The molecule has 1 heterocycles. The minimum Gasteiger partial charge on any atom is -0.360 e. The van der Waals surface area contributed by atoms with E-state index in [0.717, 1.165) is 22.5 Å². The maximum atomic E-state index is 6.12. The molecule has 3 N–H and O–H groups in total. The van der Waals surface area contributed by atoms with Gasteiger partial charge in [-0.1, -0.05) is 43.0 Å². The molecule has 1 aliphatic rings. The molecule has 0 saturated heterocycles. The molecule has 1 fully saturated rings. The van der Waals surface area contributed by atoms with E-state index in [0.29, 0.717) is 0 Å². The number of rotatable bonds is 2. The molecule has 1 saturated carbocycles. The van der Waals surface area contributed by atoms with Crippen LogP contribution in [0.15, 0.2) is 24.4 Å². The molecule has 18 heavy (non-hydrogen) atoms. The van der Waals surface area contributed by atoms with Crippen molar-refractivity contribution in [3.63, 3.8) is 0 Å². The van der Waals surface area contributed by atoms with Gasteiger partial charge in [0.15, 0.2) is 0 Å². The van der Waals surface area contributed by atoms with E-state index in [4.69, 9.17) is 17.3 Å². The minimum atomic E-state index is 0.185. The second-order valence-corrected chi connectivity index (χ2v) is 5.85. The first kappa shape index (κ1) is 12.1. The molecule has 1 aliphatic carbocycles. The molecular formula is C15H19ClN2. The summed E-state index contributed by atoms with van der Waals surface area (Å²) in [5, 5.41) is 1.89. The van der Waals surface area contributed by atoms with Crippen LogP contribution in [0.3, 0.4) is 0 Å². The third kappa shape index (κ3) is 1.84. The number of aromatic nitrogens is 1. The number of aromatic amines is 1. The van der Waals surface area contributed by atoms with E-state index in [1.165, 1.54) is 37.7 Å². The lowest BCUT2D eigenvalue weighted by molar-refractivity contribution is 0.301. The fraction of sp³-hybridized carbons (Fsp3) is 0.467. The van der Waals surface area contributed by atoms with Crippen LogP contribution in [0.1, 0.15) is 37.7 Å². The Morgan fingerprint density at radius 3 is 2.72 bits per heavy atom. The normalized spacial score (nSPS) is 19.2. The minimum absolute atomic E-state index is 0.185. The summed E-state index contributed by atoms with van der Waals surface area (Å²) in [6.45, 7) is 0.743. The van der Waals surface area contributed by atoms with Crippen molar-refractivity contribution in [1.82, 2.24) is 4.98 Å². The maximum Gasteiger partial charge on any atom is 0.0659 e. The van der Waals surface area contributed by atoms with Gasteiger partial charge in [0, 0.05) is 29.1 Å². The SMILES string of the molecule is NCC1(c2ccc3c(Cl)c[nH]c3c2)CCCCC1. The highest BCUT2D eigenvalue weighted by Crippen LogP contribution is 2.39. The number of fused-ring (bicyclic) bond motifs is 1. The van der Waals surface area contributed by atoms with E-state index in [-0.39, 0.29) is 5.41 Å². The second-order valence-electron chi connectivity index (χ2n) is 5.44. The van der Waals surface area contributed by atoms with Crippen molar-refractivity contribution in [2.24, 2.45) is 5.73 Å². The van der Waals surface area contributed by atoms with Crippen LogP contribution in [-0.4, -0.2) is 11.5 Å². The molecule has 0 spiro atoms. The Labute approximate surface area is 113 Å². The molecule has 0 amide bonds. The highest BCUT2D eigenvalue weighted by atomic mass is 35.5. The summed E-state index contributed by atoms with van der Waals surface area (Å²) in [5.74, 6) is 0. The number of halogens is 1. The van der Waals surface area contributed by atoms with Gasteiger partial charge in [0.1, 0.15) is 0 Å². The first-order chi connectivity index (χ1) is 8.75. The number of benzene rings is 1. The monoisotopic (exact) mass is 262 g/mol. The van der Waals surface area contributed by atoms with Gasteiger partial charge in [0.25, 0.3) is 0 Å². The molecule has 96 valence electrons. The van der Waals surface area contributed by atoms with Crippen molar-refractivity contribution in [3.05, 3.63) is 35.0 Å². The van der Waals surface area contributed by atoms with Gasteiger partial charge in [0.05, 0.1) is 5.02 Å². The number of hydrogen-bond donors (Lipinski definition) is 2. The first-order valence-corrected chi connectivity index (χ1v) is 7.10. The van der Waals surface area contributed by atoms with Crippen LogP contribution in [0.4, 0.5) is 0 Å². The quantitative estimate of drug-likeness (QED) is 0.845. The Kier molecular flexibility index (Phi) is 3.08. The van der Waals surface area contributed by atoms with Gasteiger partial charge in [-0.15, -0.1) is 0 Å². The predicted molar refractivity (Wildman–Crippen MR) is 77.1 cm³/mol. The van der Waals surface area contributed by atoms with Crippen molar-refractivity contribution < 1.29 is 0 Å². The van der Waals surface area contributed by atoms with Crippen LogP contribution in [-0.2, 0) is 5.41 Å². The standard InChI is InChI=1S/C15H19ClN2/c16-13-9-18-14-8-11(4-5-12(13)14)15(10-17)6-2-1-3-7-15/h4-5,8-9,18H,1-3,6-7,10,17H2. The van der Waals surface area contributed by atoms with Crippen LogP contribution in [0, 0.1) is 0 Å². The molecule has 2 nitrogen and oxygen atoms in total. The number of nitrogens with one attached hydrogen (secondary N) is 1. The van der Waals surface area contributed by atoms with Gasteiger partial charge in [0.2, 0.25) is 0 Å². The molecule has 3 rings (SSSR count). The number of nitrogens with two attached hydrogens (primary N) is 1. The number of hydrogen-bond acceptors (Lipinski definition) is 1. The summed E-state index contributed by atoms with van der Waals surface area (Å²) in [4.78, 5) is 3.24. The fourth-order valence-electron chi connectivity index (χ4n) is 3.26. The highest BCUT2D eigenvalue weighted by molar-refractivity contribution is 6.35. The predicted octanol–water partition coefficient (Wildman–Crippen LogP) is 3.98. The summed E-state index contributed by atoms with van der Waals surface area (Å²) in [7, 11) is 0. The van der Waals surface area contributed by atoms with Crippen molar-refractivity contribution in [3.8, 4) is 0 Å². The Balaban J connectivity index is 2.06. The highest BCUT2D eigenvalue weighted by Gasteiger charge is 2.32. The molecule has 0 radical (unpaired) electrons. The van der Waals surface area contributed by atoms with Crippen molar-refractivity contribution >= 4 is 22.5 Å². The molecule has 2 aromatic rings. The van der Waals surface area contributed by atoms with E-state index < -0.39 is 0 Å². The van der Waals surface area contributed by atoms with Crippen LogP contribution >= 0.6 is 11.6 Å². The smallest absolute Gasteiger partial charge is 0.0659 e. The topological polar surface area (TPSA) is 41.8 Å². The summed E-state index contributed by atoms with van der Waals surface area (Å²) in [5.41, 5.74) is 8.76. The molecule has 1 aromatic heterocycles. The average Bonchev–Trinajstić information content (AvgIpc) is 2.81. The van der Waals surface area contributed by atoms with E-state index in [2.05, 4.69) is 23.2 Å². The van der Waals surface area contributed by atoms with Gasteiger partial charge in [-0.2, -0.15) is 0 Å². The lowest BCUT2D eigenvalue weighted by Crippen LogP contribution is -2.37. The third-order valence-corrected chi connectivity index (χ3v) is 4.76. The Morgan fingerprint density at radius 2 is 2.00 bits per heavy atom. The largest absolute Gasteiger partial charge is 0.360 e. The second kappa shape index (κ2) is 4.60. The molecule has 3 heteroatoms. The summed E-state index contributed by atoms with van der Waals surface area (Å²) in [6, 6.07) is 6.56. The van der Waals surface area contributed by atoms with Gasteiger partial charge in [-0.05, 0) is 24.5 Å². The molecule has 0 atom stereocenters. The van der Waals surface area contributed by atoms with E-state index in [1.54, 1.807) is 0 Å². The molecule has 0 unspecified atom stereocenters. The molecule has 1 aromatic carbocycles. The van der Waals surface area contributed by atoms with Crippen LogP contribution in [0.5, 0.6) is 0 Å². The van der Waals surface area contributed by atoms with Crippen LogP contribution < -0.4 is 5.73 Å². The van der Waals surface area contributed by atoms with Crippen molar-refractivity contribution in [2.75, 3.05) is 6.54 Å². The van der Waals surface area contributed by atoms with Crippen LogP contribution in [0.2, 0.25) is 5.02 Å². The van der Waals surface area contributed by atoms with Crippen molar-refractivity contribution in [1.29, 1.82) is 0 Å². The van der Waals surface area contributed by atoms with Gasteiger partial charge in [-0.25, -0.2) is 0 Å². The van der Waals surface area contributed by atoms with Gasteiger partial charge >= 0.3 is 0 Å². The lowest BCUT2D eigenvalue weighted by Gasteiger charge is -2.36.